The summed E-state index contributed by atoms with van der Waals surface area (Å²) in [6.45, 7) is 10.2. The highest BCUT2D eigenvalue weighted by Gasteiger charge is 2.28. The second kappa shape index (κ2) is 6.11. The van der Waals surface area contributed by atoms with Crippen molar-refractivity contribution in [1.29, 1.82) is 0 Å². The van der Waals surface area contributed by atoms with Crippen LogP contribution in [0.4, 0.5) is 0 Å². The lowest BCUT2D eigenvalue weighted by Crippen LogP contribution is -2.41. The van der Waals surface area contributed by atoms with Crippen LogP contribution < -0.4 is 5.73 Å². The summed E-state index contributed by atoms with van der Waals surface area (Å²) in [6.07, 6.45) is 0. The van der Waals surface area contributed by atoms with Gasteiger partial charge >= 0.3 is 0 Å². The first-order valence-corrected chi connectivity index (χ1v) is 7.78. The van der Waals surface area contributed by atoms with Gasteiger partial charge in [-0.15, -0.1) is 0 Å². The molecule has 0 spiro atoms. The van der Waals surface area contributed by atoms with E-state index in [0.717, 1.165) is 0 Å². The maximum atomic E-state index is 12.2. The van der Waals surface area contributed by atoms with E-state index in [-0.39, 0.29) is 17.1 Å². The molecule has 6 heteroatoms. The van der Waals surface area contributed by atoms with Gasteiger partial charge in [0.2, 0.25) is 10.0 Å². The predicted molar refractivity (Wildman–Crippen MR) is 76.4 cm³/mol. The molecule has 0 bridgehead atoms. The number of nitrogens with zero attached hydrogens (tertiary/aromatic N) is 1. The molecular weight excluding hydrogens is 256 g/mol. The molecule has 0 amide bonds. The highest BCUT2D eigenvalue weighted by Crippen LogP contribution is 2.19. The average molecular weight is 280 g/mol. The van der Waals surface area contributed by atoms with Crippen LogP contribution in [0.2, 0.25) is 0 Å². The smallest absolute Gasteiger partial charge is 0.214 e. The van der Waals surface area contributed by atoms with Gasteiger partial charge in [-0.1, -0.05) is 46.8 Å². The maximum Gasteiger partial charge on any atom is 0.214 e. The summed E-state index contributed by atoms with van der Waals surface area (Å²) in [7, 11) is -3.24. The Bertz CT molecular complexity index is 358. The van der Waals surface area contributed by atoms with E-state index in [9.17, 15) is 8.42 Å². The Morgan fingerprint density at radius 1 is 1.41 bits per heavy atom. The van der Waals surface area contributed by atoms with Crippen molar-refractivity contribution < 1.29 is 8.42 Å². The summed E-state index contributed by atoms with van der Waals surface area (Å²) < 4.78 is 25.8. The van der Waals surface area contributed by atoms with Crippen LogP contribution in [-0.2, 0) is 10.0 Å². The lowest BCUT2D eigenvalue weighted by molar-refractivity contribution is 0.384. The fourth-order valence-electron chi connectivity index (χ4n) is 1.47. The molecule has 102 valence electrons. The summed E-state index contributed by atoms with van der Waals surface area (Å²) in [4.78, 5) is 0.356. The molecule has 0 saturated carbocycles. The number of hydrogen-bond donors (Lipinski definition) is 1. The van der Waals surface area contributed by atoms with Crippen LogP contribution in [0.1, 0.15) is 34.6 Å². The maximum absolute atomic E-state index is 12.2. The van der Waals surface area contributed by atoms with Gasteiger partial charge in [-0.05, 0) is 5.41 Å². The summed E-state index contributed by atoms with van der Waals surface area (Å²) in [5.41, 5.74) is 5.27. The number of rotatable bonds is 6. The van der Waals surface area contributed by atoms with Crippen LogP contribution in [0.3, 0.4) is 0 Å². The van der Waals surface area contributed by atoms with E-state index in [4.69, 9.17) is 18.0 Å². The third-order valence-electron chi connectivity index (χ3n) is 2.32. The normalized spacial score (nSPS) is 14.9. The van der Waals surface area contributed by atoms with Gasteiger partial charge in [0.05, 0.1) is 10.7 Å². The number of sulfonamides is 1. The molecule has 1 atom stereocenters. The molecule has 0 aliphatic rings. The van der Waals surface area contributed by atoms with Gasteiger partial charge < -0.3 is 5.73 Å². The van der Waals surface area contributed by atoms with Gasteiger partial charge in [-0.2, -0.15) is 0 Å². The third kappa shape index (κ3) is 6.33. The van der Waals surface area contributed by atoms with Gasteiger partial charge in [0.25, 0.3) is 0 Å². The molecule has 4 nitrogen and oxygen atoms in total. The zero-order chi connectivity index (χ0) is 13.9. The molecule has 0 saturated heterocycles. The van der Waals surface area contributed by atoms with Crippen LogP contribution in [0.25, 0.3) is 0 Å². The van der Waals surface area contributed by atoms with E-state index >= 15 is 0 Å². The number of thiocarbonyl (C=S) groups is 1. The van der Waals surface area contributed by atoms with Crippen LogP contribution in [0, 0.1) is 11.3 Å². The zero-order valence-electron chi connectivity index (χ0n) is 11.4. The summed E-state index contributed by atoms with van der Waals surface area (Å²) in [5, 5.41) is 0. The molecule has 0 aromatic heterocycles. The minimum atomic E-state index is -3.24. The Morgan fingerprint density at radius 2 is 1.88 bits per heavy atom. The lowest BCUT2D eigenvalue weighted by Gasteiger charge is -2.27. The minimum absolute atomic E-state index is 0.0975. The van der Waals surface area contributed by atoms with Gasteiger partial charge in [0, 0.05) is 19.0 Å². The SMILES string of the molecule is CCN(CC(C)C(N)=S)S(=O)(=O)CC(C)(C)C. The Balaban J connectivity index is 4.82. The van der Waals surface area contributed by atoms with Crippen LogP contribution in [0.15, 0.2) is 0 Å². The molecule has 0 aromatic rings. The van der Waals surface area contributed by atoms with Crippen molar-refractivity contribution >= 4 is 27.2 Å². The average Bonchev–Trinajstić information content (AvgIpc) is 2.08. The van der Waals surface area contributed by atoms with Gasteiger partial charge in [0.1, 0.15) is 0 Å². The predicted octanol–water partition coefficient (Wildman–Crippen LogP) is 1.61. The second-order valence-electron chi connectivity index (χ2n) is 5.57. The molecule has 0 aromatic carbocycles. The Morgan fingerprint density at radius 3 is 2.18 bits per heavy atom. The van der Waals surface area contributed by atoms with E-state index in [1.165, 1.54) is 4.31 Å². The third-order valence-corrected chi connectivity index (χ3v) is 5.15. The monoisotopic (exact) mass is 280 g/mol. The Labute approximate surface area is 111 Å². The van der Waals surface area contributed by atoms with Crippen LogP contribution in [0.5, 0.6) is 0 Å². The van der Waals surface area contributed by atoms with Crippen molar-refractivity contribution in [1.82, 2.24) is 4.31 Å². The molecule has 0 heterocycles. The standard InChI is InChI=1S/C11H24N2O2S2/c1-6-13(7-9(2)10(12)16)17(14,15)8-11(3,4)5/h9H,6-8H2,1-5H3,(H2,12,16). The van der Waals surface area contributed by atoms with E-state index in [2.05, 4.69) is 0 Å². The zero-order valence-corrected chi connectivity index (χ0v) is 13.0. The molecule has 0 aliphatic carbocycles. The molecular formula is C11H24N2O2S2. The fourth-order valence-corrected chi connectivity index (χ4v) is 3.67. The molecule has 0 fully saturated rings. The van der Waals surface area contributed by atoms with E-state index in [1.807, 2.05) is 34.6 Å². The first-order valence-electron chi connectivity index (χ1n) is 5.76. The quantitative estimate of drug-likeness (QED) is 0.751. The summed E-state index contributed by atoms with van der Waals surface area (Å²) in [5.74, 6) is 0.0393. The number of nitrogens with two attached hydrogens (primary N) is 1. The van der Waals surface area contributed by atoms with Gasteiger partial charge in [-0.3, -0.25) is 0 Å². The number of hydrogen-bond acceptors (Lipinski definition) is 3. The van der Waals surface area contributed by atoms with Crippen molar-refractivity contribution in [3.8, 4) is 0 Å². The second-order valence-corrected chi connectivity index (χ2v) is 8.01. The van der Waals surface area contributed by atoms with E-state index < -0.39 is 10.0 Å². The van der Waals surface area contributed by atoms with Crippen molar-refractivity contribution in [3.63, 3.8) is 0 Å². The van der Waals surface area contributed by atoms with Crippen LogP contribution in [-0.4, -0.2) is 36.6 Å². The molecule has 0 rings (SSSR count). The Kier molecular flexibility index (Phi) is 6.04. The Hall–Kier alpha value is -0.200. The van der Waals surface area contributed by atoms with Gasteiger partial charge in [-0.25, -0.2) is 12.7 Å². The summed E-state index contributed by atoms with van der Waals surface area (Å²) in [6, 6.07) is 0. The molecule has 0 aliphatic heterocycles. The lowest BCUT2D eigenvalue weighted by atomic mass is 10.0. The first kappa shape index (κ1) is 16.8. The topological polar surface area (TPSA) is 63.4 Å². The van der Waals surface area contributed by atoms with Crippen molar-refractivity contribution in [2.75, 3.05) is 18.8 Å². The van der Waals surface area contributed by atoms with Crippen molar-refractivity contribution in [3.05, 3.63) is 0 Å². The molecule has 2 N–H and O–H groups in total. The summed E-state index contributed by atoms with van der Waals surface area (Å²) >= 11 is 4.87. The fraction of sp³-hybridized carbons (Fsp3) is 0.909. The van der Waals surface area contributed by atoms with Gasteiger partial charge in [0.15, 0.2) is 0 Å². The van der Waals surface area contributed by atoms with Crippen molar-refractivity contribution in [2.24, 2.45) is 17.1 Å². The highest BCUT2D eigenvalue weighted by atomic mass is 32.2. The molecule has 1 unspecified atom stereocenters. The molecule has 17 heavy (non-hydrogen) atoms. The van der Waals surface area contributed by atoms with E-state index in [1.54, 1.807) is 0 Å². The van der Waals surface area contributed by atoms with E-state index in [0.29, 0.717) is 18.1 Å². The minimum Gasteiger partial charge on any atom is -0.393 e. The van der Waals surface area contributed by atoms with Crippen LogP contribution >= 0.6 is 12.2 Å². The first-order chi connectivity index (χ1) is 7.49. The largest absolute Gasteiger partial charge is 0.393 e. The van der Waals surface area contributed by atoms with Crippen molar-refractivity contribution in [2.45, 2.75) is 34.6 Å². The highest BCUT2D eigenvalue weighted by molar-refractivity contribution is 7.89. The molecule has 0 radical (unpaired) electrons.